The molecule has 0 spiro atoms. The van der Waals surface area contributed by atoms with E-state index in [1.807, 2.05) is 50.2 Å². The Morgan fingerprint density at radius 1 is 0.951 bits per heavy atom. The van der Waals surface area contributed by atoms with Crippen molar-refractivity contribution in [3.05, 3.63) is 99.0 Å². The van der Waals surface area contributed by atoms with E-state index in [1.54, 1.807) is 44.2 Å². The van der Waals surface area contributed by atoms with Crippen molar-refractivity contribution < 1.29 is 18.0 Å². The van der Waals surface area contributed by atoms with Crippen molar-refractivity contribution in [2.45, 2.75) is 59.2 Å². The van der Waals surface area contributed by atoms with Gasteiger partial charge in [0.05, 0.1) is 11.9 Å². The van der Waals surface area contributed by atoms with E-state index in [4.69, 9.17) is 23.2 Å². The Morgan fingerprint density at radius 3 is 2.15 bits per heavy atom. The molecule has 0 aromatic heterocycles. The third-order valence-corrected chi connectivity index (χ3v) is 8.70. The molecule has 0 unspecified atom stereocenters. The first-order valence-corrected chi connectivity index (χ1v) is 16.0. The molecule has 3 rings (SSSR count). The van der Waals surface area contributed by atoms with E-state index in [0.717, 1.165) is 16.1 Å². The number of carbonyl (C=O) groups excluding carboxylic acids is 2. The van der Waals surface area contributed by atoms with Crippen LogP contribution in [0, 0.1) is 13.8 Å². The molecule has 10 heteroatoms. The number of carbonyl (C=O) groups is 2. The molecule has 0 saturated heterocycles. The van der Waals surface area contributed by atoms with Crippen molar-refractivity contribution in [3.63, 3.8) is 0 Å². The normalized spacial score (nSPS) is 12.9. The summed E-state index contributed by atoms with van der Waals surface area (Å²) in [5, 5.41) is 3.78. The molecule has 3 aromatic rings. The summed E-state index contributed by atoms with van der Waals surface area (Å²) in [6.45, 7) is 6.94. The van der Waals surface area contributed by atoms with Crippen LogP contribution in [-0.4, -0.2) is 50.0 Å². The maximum Gasteiger partial charge on any atom is 0.244 e. The number of rotatable bonds is 12. The number of benzene rings is 3. The van der Waals surface area contributed by atoms with Crippen LogP contribution in [-0.2, 0) is 32.6 Å². The highest BCUT2D eigenvalue weighted by Gasteiger charge is 2.34. The smallest absolute Gasteiger partial charge is 0.244 e. The fraction of sp³-hybridized carbons (Fsp3) is 0.355. The first kappa shape index (κ1) is 32.4. The summed E-state index contributed by atoms with van der Waals surface area (Å²) in [5.41, 5.74) is 3.30. The molecule has 0 bridgehead atoms. The molecule has 1 N–H and O–H groups in total. The fourth-order valence-electron chi connectivity index (χ4n) is 4.60. The second-order valence-electron chi connectivity index (χ2n) is 10.3. The number of anilines is 1. The predicted molar refractivity (Wildman–Crippen MR) is 167 cm³/mol. The highest BCUT2D eigenvalue weighted by molar-refractivity contribution is 7.92. The quantitative estimate of drug-likeness (QED) is 0.273. The zero-order chi connectivity index (χ0) is 30.3. The van der Waals surface area contributed by atoms with Crippen molar-refractivity contribution in [1.82, 2.24) is 10.2 Å². The lowest BCUT2D eigenvalue weighted by Crippen LogP contribution is -2.54. The van der Waals surface area contributed by atoms with Crippen molar-refractivity contribution in [1.29, 1.82) is 0 Å². The van der Waals surface area contributed by atoms with Gasteiger partial charge in [0.2, 0.25) is 21.8 Å². The molecule has 3 aromatic carbocycles. The van der Waals surface area contributed by atoms with Crippen LogP contribution >= 0.6 is 23.2 Å². The fourth-order valence-corrected chi connectivity index (χ4v) is 6.04. The predicted octanol–water partition coefficient (Wildman–Crippen LogP) is 5.93. The zero-order valence-electron chi connectivity index (χ0n) is 24.0. The van der Waals surface area contributed by atoms with E-state index in [-0.39, 0.29) is 24.9 Å². The molecular weight excluding hydrogens is 581 g/mol. The largest absolute Gasteiger partial charge is 0.352 e. The van der Waals surface area contributed by atoms with Crippen LogP contribution in [0.2, 0.25) is 10.0 Å². The number of hydrogen-bond acceptors (Lipinski definition) is 4. The van der Waals surface area contributed by atoms with Crippen LogP contribution in [0.25, 0.3) is 0 Å². The maximum absolute atomic E-state index is 14.2. The number of aryl methyl sites for hydroxylation is 2. The maximum atomic E-state index is 14.2. The minimum atomic E-state index is -3.86. The summed E-state index contributed by atoms with van der Waals surface area (Å²) in [4.78, 5) is 29.4. The molecule has 0 aliphatic rings. The van der Waals surface area contributed by atoms with Crippen LogP contribution in [0.1, 0.15) is 42.5 Å². The van der Waals surface area contributed by atoms with Gasteiger partial charge in [0.25, 0.3) is 0 Å². The van der Waals surface area contributed by atoms with E-state index in [9.17, 15) is 18.0 Å². The Bertz CT molecular complexity index is 1460. The molecule has 0 fully saturated rings. The Kier molecular flexibility index (Phi) is 11.2. The molecule has 0 heterocycles. The molecular formula is C31H37Cl2N3O4S. The molecule has 0 aliphatic carbocycles. The van der Waals surface area contributed by atoms with Crippen molar-refractivity contribution in [2.75, 3.05) is 17.1 Å². The van der Waals surface area contributed by atoms with Crippen LogP contribution in [0.4, 0.5) is 5.69 Å². The van der Waals surface area contributed by atoms with Gasteiger partial charge in [-0.3, -0.25) is 13.9 Å². The first-order valence-electron chi connectivity index (χ1n) is 13.4. The Hall–Kier alpha value is -3.07. The standard InChI is InChI=1S/C31H37Cl2N3O4S/c1-6-23(4)34-31(38)28(17-24-13-8-7-9-14-24)35(19-25-15-16-26(32)18-27(25)33)29(37)20-36(41(5,39)40)30-21(2)11-10-12-22(30)3/h7-16,18,23,28H,6,17,19-20H2,1-5H3,(H,34,38)/t23-,28-/m1/s1. The van der Waals surface area contributed by atoms with Gasteiger partial charge >= 0.3 is 0 Å². The molecule has 7 nitrogen and oxygen atoms in total. The van der Waals surface area contributed by atoms with Gasteiger partial charge in [0, 0.05) is 29.1 Å². The lowest BCUT2D eigenvalue weighted by Gasteiger charge is -2.34. The average molecular weight is 619 g/mol. The topological polar surface area (TPSA) is 86.8 Å². The monoisotopic (exact) mass is 617 g/mol. The molecule has 0 saturated carbocycles. The van der Waals surface area contributed by atoms with Gasteiger partial charge in [0.15, 0.2) is 0 Å². The van der Waals surface area contributed by atoms with Gasteiger partial charge in [-0.05, 0) is 61.6 Å². The highest BCUT2D eigenvalue weighted by Crippen LogP contribution is 2.28. The molecule has 0 radical (unpaired) electrons. The van der Waals surface area contributed by atoms with E-state index >= 15 is 0 Å². The van der Waals surface area contributed by atoms with Crippen LogP contribution in [0.5, 0.6) is 0 Å². The minimum Gasteiger partial charge on any atom is -0.352 e. The third-order valence-electron chi connectivity index (χ3n) is 7.00. The summed E-state index contributed by atoms with van der Waals surface area (Å²) >= 11 is 12.6. The van der Waals surface area contributed by atoms with Gasteiger partial charge in [-0.25, -0.2) is 8.42 Å². The van der Waals surface area contributed by atoms with E-state index in [2.05, 4.69) is 5.32 Å². The van der Waals surface area contributed by atoms with Gasteiger partial charge in [0.1, 0.15) is 12.6 Å². The number of halogens is 2. The summed E-state index contributed by atoms with van der Waals surface area (Å²) < 4.78 is 27.2. The van der Waals surface area contributed by atoms with Crippen LogP contribution < -0.4 is 9.62 Å². The number of nitrogens with zero attached hydrogens (tertiary/aromatic N) is 2. The van der Waals surface area contributed by atoms with Crippen LogP contribution in [0.3, 0.4) is 0 Å². The number of hydrogen-bond donors (Lipinski definition) is 1. The number of amides is 2. The van der Waals surface area contributed by atoms with Crippen LogP contribution in [0.15, 0.2) is 66.7 Å². The van der Waals surface area contributed by atoms with E-state index in [0.29, 0.717) is 38.8 Å². The summed E-state index contributed by atoms with van der Waals surface area (Å²) in [6, 6.07) is 18.7. The Balaban J connectivity index is 2.13. The van der Waals surface area contributed by atoms with Gasteiger partial charge < -0.3 is 10.2 Å². The van der Waals surface area contributed by atoms with E-state index in [1.165, 1.54) is 4.90 Å². The molecule has 220 valence electrons. The molecule has 41 heavy (non-hydrogen) atoms. The average Bonchev–Trinajstić information content (AvgIpc) is 2.90. The van der Waals surface area contributed by atoms with Gasteiger partial charge in [-0.15, -0.1) is 0 Å². The lowest BCUT2D eigenvalue weighted by atomic mass is 10.0. The Labute approximate surface area is 253 Å². The lowest BCUT2D eigenvalue weighted by molar-refractivity contribution is -0.140. The first-order chi connectivity index (χ1) is 19.3. The van der Waals surface area contributed by atoms with Crippen molar-refractivity contribution >= 4 is 50.7 Å². The molecule has 2 atom stereocenters. The third kappa shape index (κ3) is 8.71. The minimum absolute atomic E-state index is 0.0232. The van der Waals surface area contributed by atoms with E-state index < -0.39 is 28.5 Å². The SMILES string of the molecule is CC[C@@H](C)NC(=O)[C@@H](Cc1ccccc1)N(Cc1ccc(Cl)cc1Cl)C(=O)CN(c1c(C)cccc1C)S(C)(=O)=O. The summed E-state index contributed by atoms with van der Waals surface area (Å²) in [7, 11) is -3.86. The molecule has 2 amide bonds. The highest BCUT2D eigenvalue weighted by atomic mass is 35.5. The summed E-state index contributed by atoms with van der Waals surface area (Å²) in [5.74, 6) is -0.871. The van der Waals surface area contributed by atoms with Gasteiger partial charge in [-0.1, -0.05) is 84.7 Å². The summed E-state index contributed by atoms with van der Waals surface area (Å²) in [6.07, 6.45) is 2.00. The number of para-hydroxylation sites is 1. The van der Waals surface area contributed by atoms with Crippen molar-refractivity contribution in [3.8, 4) is 0 Å². The number of nitrogens with one attached hydrogen (secondary N) is 1. The zero-order valence-corrected chi connectivity index (χ0v) is 26.4. The number of sulfonamides is 1. The molecule has 0 aliphatic heterocycles. The van der Waals surface area contributed by atoms with Crippen molar-refractivity contribution in [2.24, 2.45) is 0 Å². The van der Waals surface area contributed by atoms with Gasteiger partial charge in [-0.2, -0.15) is 0 Å². The second kappa shape index (κ2) is 14.2. The second-order valence-corrected chi connectivity index (χ2v) is 13.0. The Morgan fingerprint density at radius 2 is 1.59 bits per heavy atom.